The minimum atomic E-state index is 0.887. The Hall–Kier alpha value is -3.50. The van der Waals surface area contributed by atoms with Crippen molar-refractivity contribution in [2.45, 2.75) is 38.8 Å². The van der Waals surface area contributed by atoms with E-state index in [1.807, 2.05) is 36.4 Å². The summed E-state index contributed by atoms with van der Waals surface area (Å²) in [5, 5.41) is 20.5. The van der Waals surface area contributed by atoms with Gasteiger partial charge in [0.2, 0.25) is 0 Å². The fourth-order valence-corrected chi connectivity index (χ4v) is 4.80. The van der Waals surface area contributed by atoms with Crippen molar-refractivity contribution in [1.29, 1.82) is 10.5 Å². The number of nitrogens with zero attached hydrogens (tertiary/aromatic N) is 4. The molecule has 4 heterocycles. The minimum absolute atomic E-state index is 0.887. The first-order valence-corrected chi connectivity index (χ1v) is 9.84. The monoisotopic (exact) mass is 364 g/mol. The zero-order chi connectivity index (χ0) is 19.1. The summed E-state index contributed by atoms with van der Waals surface area (Å²) in [5.41, 5.74) is 6.67. The zero-order valence-corrected chi connectivity index (χ0v) is 15.7. The molecule has 4 nitrogen and oxygen atoms in total. The van der Waals surface area contributed by atoms with Gasteiger partial charge in [-0.2, -0.15) is 10.5 Å². The molecule has 0 aliphatic carbocycles. The van der Waals surface area contributed by atoms with Crippen LogP contribution in [0, 0.1) is 22.7 Å². The normalized spacial score (nSPS) is 14.2. The fraction of sp³-hybridized carbons (Fsp3) is 0.250. The Bertz CT molecular complexity index is 1190. The smallest absolute Gasteiger partial charge is 0.102 e. The average molecular weight is 364 g/mol. The maximum atomic E-state index is 9.13. The van der Waals surface area contributed by atoms with Gasteiger partial charge in [-0.15, -0.1) is 0 Å². The number of benzene rings is 2. The maximum Gasteiger partial charge on any atom is 0.102 e. The summed E-state index contributed by atoms with van der Waals surface area (Å²) in [5.74, 6) is 0. The molecule has 136 valence electrons. The summed E-state index contributed by atoms with van der Waals surface area (Å²) in [7, 11) is 0. The van der Waals surface area contributed by atoms with E-state index < -0.39 is 0 Å². The van der Waals surface area contributed by atoms with Gasteiger partial charge < -0.3 is 9.13 Å². The van der Waals surface area contributed by atoms with Crippen LogP contribution in [0.2, 0.25) is 0 Å². The number of hydrogen-bond donors (Lipinski definition) is 0. The van der Waals surface area contributed by atoms with E-state index in [0.29, 0.717) is 0 Å². The van der Waals surface area contributed by atoms with Gasteiger partial charge in [0.25, 0.3) is 0 Å². The maximum absolute atomic E-state index is 9.13. The molecule has 0 saturated heterocycles. The lowest BCUT2D eigenvalue weighted by atomic mass is 10.1. The number of para-hydroxylation sites is 2. The standard InChI is InChI=1S/2C12H10N2/c2*13-8-10-9-4-1-2-5-11(9)14-7-3-6-12(10)14/h2*1-2,4-5H,3,6-7H2. The van der Waals surface area contributed by atoms with E-state index in [9.17, 15) is 0 Å². The van der Waals surface area contributed by atoms with Crippen LogP contribution in [-0.2, 0) is 25.9 Å². The highest BCUT2D eigenvalue weighted by Gasteiger charge is 2.21. The molecule has 0 spiro atoms. The topological polar surface area (TPSA) is 57.4 Å². The van der Waals surface area contributed by atoms with E-state index in [-0.39, 0.29) is 0 Å². The van der Waals surface area contributed by atoms with Crippen molar-refractivity contribution < 1.29 is 0 Å². The summed E-state index contributed by atoms with van der Waals surface area (Å²) in [6, 6.07) is 21.0. The Labute approximate surface area is 163 Å². The first kappa shape index (κ1) is 16.7. The van der Waals surface area contributed by atoms with Crippen LogP contribution in [0.25, 0.3) is 21.8 Å². The van der Waals surface area contributed by atoms with Crippen LogP contribution < -0.4 is 0 Å². The number of aryl methyl sites for hydroxylation is 2. The van der Waals surface area contributed by atoms with E-state index >= 15 is 0 Å². The summed E-state index contributed by atoms with van der Waals surface area (Å²) in [4.78, 5) is 0. The largest absolute Gasteiger partial charge is 0.343 e. The van der Waals surface area contributed by atoms with Gasteiger partial charge in [0.05, 0.1) is 11.1 Å². The van der Waals surface area contributed by atoms with Crippen LogP contribution in [0.3, 0.4) is 0 Å². The molecule has 28 heavy (non-hydrogen) atoms. The van der Waals surface area contributed by atoms with Crippen molar-refractivity contribution in [3.05, 3.63) is 71.0 Å². The highest BCUT2D eigenvalue weighted by atomic mass is 15.0. The minimum Gasteiger partial charge on any atom is -0.343 e. The molecule has 0 bridgehead atoms. The predicted molar refractivity (Wildman–Crippen MR) is 110 cm³/mol. The van der Waals surface area contributed by atoms with E-state index in [1.54, 1.807) is 0 Å². The molecule has 2 aromatic heterocycles. The number of rotatable bonds is 0. The molecule has 2 aliphatic rings. The molecule has 0 radical (unpaired) electrons. The van der Waals surface area contributed by atoms with E-state index in [0.717, 1.165) is 47.8 Å². The fourth-order valence-electron chi connectivity index (χ4n) is 4.80. The SMILES string of the molecule is N#Cc1c2n(c3ccccc13)CCC2.N#Cc1c2n(c3ccccc13)CCC2. The number of fused-ring (bicyclic) bond motifs is 6. The second kappa shape index (κ2) is 6.59. The van der Waals surface area contributed by atoms with Gasteiger partial charge in [-0.3, -0.25) is 0 Å². The van der Waals surface area contributed by atoms with Crippen molar-refractivity contribution in [2.24, 2.45) is 0 Å². The third-order valence-corrected chi connectivity index (χ3v) is 5.97. The van der Waals surface area contributed by atoms with Crippen molar-refractivity contribution in [3.8, 4) is 12.1 Å². The molecule has 0 atom stereocenters. The van der Waals surface area contributed by atoms with Gasteiger partial charge in [-0.1, -0.05) is 36.4 Å². The molecule has 2 aromatic carbocycles. The van der Waals surface area contributed by atoms with Gasteiger partial charge in [0.15, 0.2) is 0 Å². The van der Waals surface area contributed by atoms with Crippen molar-refractivity contribution >= 4 is 21.8 Å². The van der Waals surface area contributed by atoms with Crippen LogP contribution in [-0.4, -0.2) is 9.13 Å². The molecular formula is C24H20N4. The van der Waals surface area contributed by atoms with Crippen LogP contribution >= 0.6 is 0 Å². The first-order chi connectivity index (χ1) is 13.8. The molecule has 2 aliphatic heterocycles. The Balaban J connectivity index is 0.000000122. The van der Waals surface area contributed by atoms with Crippen LogP contribution in [0.1, 0.15) is 35.4 Å². The van der Waals surface area contributed by atoms with E-state index in [1.165, 1.54) is 35.3 Å². The predicted octanol–water partition coefficient (Wildman–Crippen LogP) is 4.92. The molecule has 0 unspecified atom stereocenters. The van der Waals surface area contributed by atoms with E-state index in [4.69, 9.17) is 10.5 Å². The van der Waals surface area contributed by atoms with Crippen LogP contribution in [0.5, 0.6) is 0 Å². The lowest BCUT2D eigenvalue weighted by Crippen LogP contribution is -1.90. The second-order valence-corrected chi connectivity index (χ2v) is 7.41. The van der Waals surface area contributed by atoms with Gasteiger partial charge >= 0.3 is 0 Å². The molecule has 0 N–H and O–H groups in total. The molecule has 0 saturated carbocycles. The molecule has 4 aromatic rings. The Morgan fingerprint density at radius 3 is 1.50 bits per heavy atom. The van der Waals surface area contributed by atoms with E-state index in [2.05, 4.69) is 33.4 Å². The molecule has 0 amide bonds. The number of hydrogen-bond acceptors (Lipinski definition) is 2. The summed E-state index contributed by atoms with van der Waals surface area (Å²) in [6.45, 7) is 2.13. The molecule has 6 rings (SSSR count). The highest BCUT2D eigenvalue weighted by molar-refractivity contribution is 5.89. The van der Waals surface area contributed by atoms with Crippen LogP contribution in [0.15, 0.2) is 48.5 Å². The average Bonchev–Trinajstić information content (AvgIpc) is 3.49. The van der Waals surface area contributed by atoms with Crippen molar-refractivity contribution in [1.82, 2.24) is 9.13 Å². The Morgan fingerprint density at radius 2 is 1.07 bits per heavy atom. The summed E-state index contributed by atoms with van der Waals surface area (Å²) >= 11 is 0. The zero-order valence-electron chi connectivity index (χ0n) is 15.7. The molecule has 4 heteroatoms. The van der Waals surface area contributed by atoms with Crippen LogP contribution in [0.4, 0.5) is 0 Å². The number of aromatic nitrogens is 2. The lowest BCUT2D eigenvalue weighted by molar-refractivity contribution is 0.772. The molecule has 0 fully saturated rings. The highest BCUT2D eigenvalue weighted by Crippen LogP contribution is 2.31. The van der Waals surface area contributed by atoms with Gasteiger partial charge in [0.1, 0.15) is 12.1 Å². The van der Waals surface area contributed by atoms with Gasteiger partial charge in [-0.25, -0.2) is 0 Å². The lowest BCUT2D eigenvalue weighted by Gasteiger charge is -1.97. The first-order valence-electron chi connectivity index (χ1n) is 9.84. The van der Waals surface area contributed by atoms with Crippen molar-refractivity contribution in [2.75, 3.05) is 0 Å². The third-order valence-electron chi connectivity index (χ3n) is 5.97. The third kappa shape index (κ3) is 2.35. The van der Waals surface area contributed by atoms with Gasteiger partial charge in [-0.05, 0) is 37.8 Å². The van der Waals surface area contributed by atoms with Gasteiger partial charge in [0, 0.05) is 46.3 Å². The Kier molecular flexibility index (Phi) is 3.92. The quantitative estimate of drug-likeness (QED) is 0.445. The summed E-state index contributed by atoms with van der Waals surface area (Å²) in [6.07, 6.45) is 4.46. The second-order valence-electron chi connectivity index (χ2n) is 7.41. The molecular weight excluding hydrogens is 344 g/mol. The summed E-state index contributed by atoms with van der Waals surface area (Å²) < 4.78 is 4.57. The Morgan fingerprint density at radius 1 is 0.643 bits per heavy atom. The number of nitriles is 2. The van der Waals surface area contributed by atoms with Crippen molar-refractivity contribution in [3.63, 3.8) is 0 Å².